The highest BCUT2D eigenvalue weighted by Gasteiger charge is 2.21. The average molecular weight is 268 g/mol. The maximum absolute atomic E-state index is 11.5. The summed E-state index contributed by atoms with van der Waals surface area (Å²) in [6.45, 7) is 4.28. The van der Waals surface area contributed by atoms with Crippen LogP contribution < -0.4 is 0 Å². The lowest BCUT2D eigenvalue weighted by Crippen LogP contribution is -2.22. The Morgan fingerprint density at radius 1 is 1.37 bits per heavy atom. The maximum atomic E-state index is 11.5. The summed E-state index contributed by atoms with van der Waals surface area (Å²) in [5.41, 5.74) is 0.596. The summed E-state index contributed by atoms with van der Waals surface area (Å²) >= 11 is 0. The Bertz CT molecular complexity index is 466. The van der Waals surface area contributed by atoms with Crippen LogP contribution in [-0.4, -0.2) is 51.0 Å². The summed E-state index contributed by atoms with van der Waals surface area (Å²) in [5.74, 6) is -1.00. The van der Waals surface area contributed by atoms with Gasteiger partial charge in [-0.3, -0.25) is 4.79 Å². The molecule has 0 aliphatic rings. The number of aryl methyl sites for hydroxylation is 1. The molecule has 0 spiro atoms. The van der Waals surface area contributed by atoms with Gasteiger partial charge in [0, 0.05) is 27.1 Å². The molecule has 0 unspecified atom stereocenters. The van der Waals surface area contributed by atoms with Gasteiger partial charge in [0.15, 0.2) is 5.69 Å². The van der Waals surface area contributed by atoms with Gasteiger partial charge in [-0.25, -0.2) is 9.48 Å². The lowest BCUT2D eigenvalue weighted by Gasteiger charge is -2.11. The number of hydrogen-bond acceptors (Lipinski definition) is 4. The molecular weight excluding hydrogens is 248 g/mol. The number of hydrogen-bond donors (Lipinski definition) is 1. The topological polar surface area (TPSA) is 88.3 Å². The fraction of sp³-hybridized carbons (Fsp3) is 0.667. The molecule has 0 fully saturated rings. The third-order valence-electron chi connectivity index (χ3n) is 2.78. The van der Waals surface area contributed by atoms with Crippen molar-refractivity contribution in [1.29, 1.82) is 0 Å². The summed E-state index contributed by atoms with van der Waals surface area (Å²) in [7, 11) is 3.42. The molecular formula is C12H20N4O3. The summed E-state index contributed by atoms with van der Waals surface area (Å²) in [6.07, 6.45) is 1.02. The number of amides is 1. The maximum Gasteiger partial charge on any atom is 0.358 e. The Morgan fingerprint density at radius 2 is 2.00 bits per heavy atom. The molecule has 1 rings (SSSR count). The van der Waals surface area contributed by atoms with Gasteiger partial charge in [0.2, 0.25) is 5.91 Å². The second-order valence-electron chi connectivity index (χ2n) is 4.90. The first kappa shape index (κ1) is 15.1. The van der Waals surface area contributed by atoms with Crippen molar-refractivity contribution in [2.24, 2.45) is 0 Å². The van der Waals surface area contributed by atoms with Crippen LogP contribution in [0.4, 0.5) is 0 Å². The van der Waals surface area contributed by atoms with E-state index in [1.54, 1.807) is 18.8 Å². The Labute approximate surface area is 112 Å². The monoisotopic (exact) mass is 268 g/mol. The number of carboxylic acid groups (broad SMARTS) is 1. The number of aromatic nitrogens is 3. The lowest BCUT2D eigenvalue weighted by molar-refractivity contribution is -0.128. The SMILES string of the molecule is CC(C)c1c(C(=O)O)nnn1CCCC(=O)N(C)C. The zero-order chi connectivity index (χ0) is 14.6. The molecule has 106 valence electrons. The molecule has 1 aromatic heterocycles. The Kier molecular flexibility index (Phi) is 5.02. The first-order chi connectivity index (χ1) is 8.84. The second kappa shape index (κ2) is 6.31. The first-order valence-electron chi connectivity index (χ1n) is 6.21. The van der Waals surface area contributed by atoms with Crippen molar-refractivity contribution in [3.05, 3.63) is 11.4 Å². The van der Waals surface area contributed by atoms with Crippen molar-refractivity contribution in [2.75, 3.05) is 14.1 Å². The van der Waals surface area contributed by atoms with Gasteiger partial charge < -0.3 is 10.0 Å². The van der Waals surface area contributed by atoms with Gasteiger partial charge >= 0.3 is 5.97 Å². The molecule has 0 saturated carbocycles. The number of carbonyl (C=O) groups is 2. The van der Waals surface area contributed by atoms with Gasteiger partial charge in [-0.1, -0.05) is 19.1 Å². The zero-order valence-electron chi connectivity index (χ0n) is 11.8. The quantitative estimate of drug-likeness (QED) is 0.830. The molecule has 0 aliphatic carbocycles. The molecule has 0 saturated heterocycles. The van der Waals surface area contributed by atoms with E-state index in [9.17, 15) is 9.59 Å². The van der Waals surface area contributed by atoms with Crippen LogP contribution in [0.15, 0.2) is 0 Å². The number of carbonyl (C=O) groups excluding carboxylic acids is 1. The highest BCUT2D eigenvalue weighted by Crippen LogP contribution is 2.18. The molecule has 19 heavy (non-hydrogen) atoms. The van der Waals surface area contributed by atoms with Crippen LogP contribution in [0.25, 0.3) is 0 Å². The summed E-state index contributed by atoms with van der Waals surface area (Å²) in [4.78, 5) is 24.0. The third kappa shape index (κ3) is 3.77. The lowest BCUT2D eigenvalue weighted by atomic mass is 10.1. The van der Waals surface area contributed by atoms with E-state index in [-0.39, 0.29) is 17.5 Å². The molecule has 0 bridgehead atoms. The van der Waals surface area contributed by atoms with Crippen molar-refractivity contribution < 1.29 is 14.7 Å². The standard InChI is InChI=1S/C12H20N4O3/c1-8(2)11-10(12(18)19)13-14-16(11)7-5-6-9(17)15(3)4/h8H,5-7H2,1-4H3,(H,18,19). The molecule has 1 amide bonds. The fourth-order valence-electron chi connectivity index (χ4n) is 1.81. The Hall–Kier alpha value is -1.92. The predicted molar refractivity (Wildman–Crippen MR) is 69.0 cm³/mol. The van der Waals surface area contributed by atoms with Crippen LogP contribution in [0.1, 0.15) is 48.8 Å². The number of carboxylic acids is 1. The molecule has 7 heteroatoms. The highest BCUT2D eigenvalue weighted by atomic mass is 16.4. The van der Waals surface area contributed by atoms with Gasteiger partial charge in [-0.05, 0) is 12.3 Å². The Morgan fingerprint density at radius 3 is 2.47 bits per heavy atom. The minimum atomic E-state index is -1.07. The van der Waals surface area contributed by atoms with Gasteiger partial charge in [0.1, 0.15) is 0 Å². The molecule has 1 N–H and O–H groups in total. The van der Waals surface area contributed by atoms with E-state index >= 15 is 0 Å². The second-order valence-corrected chi connectivity index (χ2v) is 4.90. The van der Waals surface area contributed by atoms with E-state index < -0.39 is 5.97 Å². The fourth-order valence-corrected chi connectivity index (χ4v) is 1.81. The highest BCUT2D eigenvalue weighted by molar-refractivity contribution is 5.86. The zero-order valence-corrected chi connectivity index (χ0v) is 11.8. The molecule has 7 nitrogen and oxygen atoms in total. The predicted octanol–water partition coefficient (Wildman–Crippen LogP) is 0.968. The summed E-state index contributed by atoms with van der Waals surface area (Å²) < 4.78 is 1.58. The van der Waals surface area contributed by atoms with Crippen LogP contribution in [0.3, 0.4) is 0 Å². The van der Waals surface area contributed by atoms with Gasteiger partial charge in [0.05, 0.1) is 5.69 Å². The van der Waals surface area contributed by atoms with E-state index in [2.05, 4.69) is 10.3 Å². The molecule has 0 aromatic carbocycles. The van der Waals surface area contributed by atoms with Crippen LogP contribution in [0.2, 0.25) is 0 Å². The normalized spacial score (nSPS) is 10.8. The van der Waals surface area contributed by atoms with Crippen molar-refractivity contribution in [2.45, 2.75) is 39.2 Å². The van der Waals surface area contributed by atoms with Crippen molar-refractivity contribution in [3.8, 4) is 0 Å². The molecule has 0 atom stereocenters. The average Bonchev–Trinajstić information content (AvgIpc) is 2.72. The van der Waals surface area contributed by atoms with E-state index in [4.69, 9.17) is 5.11 Å². The van der Waals surface area contributed by atoms with Crippen molar-refractivity contribution >= 4 is 11.9 Å². The minimum Gasteiger partial charge on any atom is -0.476 e. The van der Waals surface area contributed by atoms with Gasteiger partial charge in [0.25, 0.3) is 0 Å². The van der Waals surface area contributed by atoms with E-state index in [1.807, 2.05) is 13.8 Å². The van der Waals surface area contributed by atoms with Gasteiger partial charge in [-0.2, -0.15) is 0 Å². The first-order valence-corrected chi connectivity index (χ1v) is 6.21. The summed E-state index contributed by atoms with van der Waals surface area (Å²) in [6, 6.07) is 0. The third-order valence-corrected chi connectivity index (χ3v) is 2.78. The van der Waals surface area contributed by atoms with E-state index in [0.717, 1.165) is 0 Å². The molecule has 1 heterocycles. The Balaban J connectivity index is 2.74. The number of aromatic carboxylic acids is 1. The molecule has 0 radical (unpaired) electrons. The number of nitrogens with zero attached hydrogens (tertiary/aromatic N) is 4. The van der Waals surface area contributed by atoms with Crippen LogP contribution >= 0.6 is 0 Å². The molecule has 1 aromatic rings. The van der Waals surface area contributed by atoms with Crippen molar-refractivity contribution in [3.63, 3.8) is 0 Å². The van der Waals surface area contributed by atoms with Crippen LogP contribution in [-0.2, 0) is 11.3 Å². The van der Waals surface area contributed by atoms with E-state index in [1.165, 1.54) is 4.90 Å². The van der Waals surface area contributed by atoms with Crippen molar-refractivity contribution in [1.82, 2.24) is 19.9 Å². The number of rotatable bonds is 6. The van der Waals surface area contributed by atoms with Crippen LogP contribution in [0, 0.1) is 0 Å². The minimum absolute atomic E-state index is 0.00561. The largest absolute Gasteiger partial charge is 0.476 e. The van der Waals surface area contributed by atoms with Crippen LogP contribution in [0.5, 0.6) is 0 Å². The molecule has 0 aliphatic heterocycles. The summed E-state index contributed by atoms with van der Waals surface area (Å²) in [5, 5.41) is 16.6. The van der Waals surface area contributed by atoms with E-state index in [0.29, 0.717) is 25.1 Å². The van der Waals surface area contributed by atoms with Gasteiger partial charge in [-0.15, -0.1) is 5.10 Å². The smallest absolute Gasteiger partial charge is 0.358 e.